The fourth-order valence-corrected chi connectivity index (χ4v) is 1.78. The SMILES string of the molecule is Cn1cc(C(N)C(=O)N2CC=CCC2)cn1. The topological polar surface area (TPSA) is 64.2 Å². The van der Waals surface area contributed by atoms with E-state index >= 15 is 0 Å². The molecular formula is C11H16N4O. The lowest BCUT2D eigenvalue weighted by molar-refractivity contribution is -0.132. The third-order valence-corrected chi connectivity index (χ3v) is 2.72. The second-order valence-corrected chi connectivity index (χ2v) is 3.97. The Balaban J connectivity index is 2.06. The Morgan fingerprint density at radius 2 is 2.38 bits per heavy atom. The molecule has 1 aromatic rings. The molecule has 1 aliphatic rings. The predicted molar refractivity (Wildman–Crippen MR) is 60.5 cm³/mol. The maximum absolute atomic E-state index is 12.0. The molecule has 16 heavy (non-hydrogen) atoms. The van der Waals surface area contributed by atoms with Crippen LogP contribution in [-0.4, -0.2) is 33.7 Å². The second kappa shape index (κ2) is 4.49. The number of nitrogens with zero attached hydrogens (tertiary/aromatic N) is 3. The third-order valence-electron chi connectivity index (χ3n) is 2.72. The van der Waals surface area contributed by atoms with E-state index in [9.17, 15) is 4.79 Å². The van der Waals surface area contributed by atoms with Crippen molar-refractivity contribution in [1.82, 2.24) is 14.7 Å². The van der Waals surface area contributed by atoms with Crippen molar-refractivity contribution >= 4 is 5.91 Å². The molecule has 1 aliphatic heterocycles. The lowest BCUT2D eigenvalue weighted by Crippen LogP contribution is -2.40. The summed E-state index contributed by atoms with van der Waals surface area (Å²) in [6, 6.07) is -0.597. The molecule has 0 spiro atoms. The Morgan fingerprint density at radius 1 is 1.56 bits per heavy atom. The Bertz CT molecular complexity index is 410. The van der Waals surface area contributed by atoms with E-state index < -0.39 is 6.04 Å². The number of aromatic nitrogens is 2. The average molecular weight is 220 g/mol. The molecule has 5 heteroatoms. The van der Waals surface area contributed by atoms with Crippen molar-refractivity contribution in [2.45, 2.75) is 12.5 Å². The molecule has 1 unspecified atom stereocenters. The molecule has 0 fully saturated rings. The van der Waals surface area contributed by atoms with Gasteiger partial charge in [0.25, 0.3) is 0 Å². The monoisotopic (exact) mass is 220 g/mol. The van der Waals surface area contributed by atoms with Gasteiger partial charge < -0.3 is 10.6 Å². The van der Waals surface area contributed by atoms with E-state index in [2.05, 4.69) is 11.2 Å². The van der Waals surface area contributed by atoms with Crippen molar-refractivity contribution in [2.75, 3.05) is 13.1 Å². The number of nitrogens with two attached hydrogens (primary N) is 1. The Hall–Kier alpha value is -1.62. The fourth-order valence-electron chi connectivity index (χ4n) is 1.78. The van der Waals surface area contributed by atoms with Gasteiger partial charge in [-0.1, -0.05) is 12.2 Å². The van der Waals surface area contributed by atoms with Crippen molar-refractivity contribution in [2.24, 2.45) is 12.8 Å². The normalized spacial score (nSPS) is 17.5. The van der Waals surface area contributed by atoms with E-state index in [-0.39, 0.29) is 5.91 Å². The highest BCUT2D eigenvalue weighted by molar-refractivity contribution is 5.83. The Morgan fingerprint density at radius 3 is 2.94 bits per heavy atom. The van der Waals surface area contributed by atoms with Gasteiger partial charge in [0, 0.05) is 31.9 Å². The van der Waals surface area contributed by atoms with E-state index in [0.717, 1.165) is 18.5 Å². The van der Waals surface area contributed by atoms with Crippen molar-refractivity contribution < 1.29 is 4.79 Å². The molecule has 0 saturated heterocycles. The van der Waals surface area contributed by atoms with Crippen molar-refractivity contribution in [3.05, 3.63) is 30.1 Å². The molecule has 0 aromatic carbocycles. The molecule has 1 amide bonds. The minimum absolute atomic E-state index is 0.0302. The molecule has 1 atom stereocenters. The largest absolute Gasteiger partial charge is 0.337 e. The van der Waals surface area contributed by atoms with Crippen molar-refractivity contribution in [3.8, 4) is 0 Å². The highest BCUT2D eigenvalue weighted by Gasteiger charge is 2.23. The summed E-state index contributed by atoms with van der Waals surface area (Å²) in [5.74, 6) is -0.0302. The maximum Gasteiger partial charge on any atom is 0.244 e. The zero-order valence-corrected chi connectivity index (χ0v) is 9.34. The summed E-state index contributed by atoms with van der Waals surface area (Å²) in [5.41, 5.74) is 6.68. The van der Waals surface area contributed by atoms with Gasteiger partial charge in [-0.05, 0) is 6.42 Å². The van der Waals surface area contributed by atoms with Gasteiger partial charge in [-0.2, -0.15) is 5.10 Å². The first-order valence-electron chi connectivity index (χ1n) is 5.36. The predicted octanol–water partition coefficient (Wildman–Crippen LogP) is 0.208. The molecule has 86 valence electrons. The first-order valence-corrected chi connectivity index (χ1v) is 5.36. The van der Waals surface area contributed by atoms with Crippen LogP contribution in [0.5, 0.6) is 0 Å². The minimum atomic E-state index is -0.597. The van der Waals surface area contributed by atoms with Gasteiger partial charge in [0.05, 0.1) is 6.20 Å². The first-order chi connectivity index (χ1) is 7.68. The maximum atomic E-state index is 12.0. The van der Waals surface area contributed by atoms with Crippen LogP contribution in [0, 0.1) is 0 Å². The summed E-state index contributed by atoms with van der Waals surface area (Å²) >= 11 is 0. The van der Waals surface area contributed by atoms with Gasteiger partial charge in [-0.15, -0.1) is 0 Å². The van der Waals surface area contributed by atoms with Crippen LogP contribution in [0.25, 0.3) is 0 Å². The summed E-state index contributed by atoms with van der Waals surface area (Å²) in [7, 11) is 1.81. The van der Waals surface area contributed by atoms with E-state index in [1.807, 2.05) is 13.1 Å². The summed E-state index contributed by atoms with van der Waals surface area (Å²) < 4.78 is 1.65. The van der Waals surface area contributed by atoms with Crippen LogP contribution in [0.1, 0.15) is 18.0 Å². The second-order valence-electron chi connectivity index (χ2n) is 3.97. The fraction of sp³-hybridized carbons (Fsp3) is 0.455. The van der Waals surface area contributed by atoms with Gasteiger partial charge in [-0.3, -0.25) is 9.48 Å². The first kappa shape index (κ1) is 10.9. The summed E-state index contributed by atoms with van der Waals surface area (Å²) in [6.45, 7) is 1.41. The summed E-state index contributed by atoms with van der Waals surface area (Å²) in [4.78, 5) is 13.8. The van der Waals surface area contributed by atoms with Gasteiger partial charge in [-0.25, -0.2) is 0 Å². The van der Waals surface area contributed by atoms with E-state index in [4.69, 9.17) is 5.73 Å². The van der Waals surface area contributed by atoms with Gasteiger partial charge >= 0.3 is 0 Å². The van der Waals surface area contributed by atoms with E-state index in [1.54, 1.807) is 22.0 Å². The van der Waals surface area contributed by atoms with Gasteiger partial charge in [0.15, 0.2) is 0 Å². The van der Waals surface area contributed by atoms with Crippen molar-refractivity contribution in [1.29, 1.82) is 0 Å². The van der Waals surface area contributed by atoms with Crippen molar-refractivity contribution in [3.63, 3.8) is 0 Å². The number of rotatable bonds is 2. The molecule has 2 rings (SSSR count). The molecule has 5 nitrogen and oxygen atoms in total. The highest BCUT2D eigenvalue weighted by Crippen LogP contribution is 2.13. The zero-order chi connectivity index (χ0) is 11.5. The average Bonchev–Trinajstić information content (AvgIpc) is 2.75. The molecule has 2 N–H and O–H groups in total. The standard InChI is InChI=1S/C11H16N4O/c1-14-8-9(7-13-14)10(12)11(16)15-5-3-2-4-6-15/h2-3,7-8,10H,4-6,12H2,1H3. The number of carbonyl (C=O) groups is 1. The lowest BCUT2D eigenvalue weighted by Gasteiger charge is -2.25. The third kappa shape index (κ3) is 2.14. The van der Waals surface area contributed by atoms with Crippen LogP contribution in [0.15, 0.2) is 24.5 Å². The number of aryl methyl sites for hydroxylation is 1. The lowest BCUT2D eigenvalue weighted by atomic mass is 10.1. The molecule has 1 aromatic heterocycles. The number of carbonyl (C=O) groups excluding carboxylic acids is 1. The minimum Gasteiger partial charge on any atom is -0.337 e. The van der Waals surface area contributed by atoms with Gasteiger partial charge in [0.2, 0.25) is 5.91 Å². The van der Waals surface area contributed by atoms with Crippen LogP contribution >= 0.6 is 0 Å². The van der Waals surface area contributed by atoms with Crippen LogP contribution in [0.4, 0.5) is 0 Å². The van der Waals surface area contributed by atoms with Gasteiger partial charge in [0.1, 0.15) is 6.04 Å². The van der Waals surface area contributed by atoms with Crippen LogP contribution < -0.4 is 5.73 Å². The Kier molecular flexibility index (Phi) is 3.05. The molecular weight excluding hydrogens is 204 g/mol. The summed E-state index contributed by atoms with van der Waals surface area (Å²) in [6.07, 6.45) is 8.41. The highest BCUT2D eigenvalue weighted by atomic mass is 16.2. The quantitative estimate of drug-likeness (QED) is 0.724. The number of hydrogen-bond acceptors (Lipinski definition) is 3. The molecule has 0 aliphatic carbocycles. The zero-order valence-electron chi connectivity index (χ0n) is 9.34. The van der Waals surface area contributed by atoms with Crippen LogP contribution in [0.2, 0.25) is 0 Å². The molecule has 0 radical (unpaired) electrons. The van der Waals surface area contributed by atoms with Crippen LogP contribution in [0.3, 0.4) is 0 Å². The molecule has 0 saturated carbocycles. The Labute approximate surface area is 94.5 Å². The van der Waals surface area contributed by atoms with E-state index in [0.29, 0.717) is 6.54 Å². The number of amides is 1. The van der Waals surface area contributed by atoms with E-state index in [1.165, 1.54) is 0 Å². The molecule has 2 heterocycles. The van der Waals surface area contributed by atoms with Crippen LogP contribution in [-0.2, 0) is 11.8 Å². The smallest absolute Gasteiger partial charge is 0.244 e. The summed E-state index contributed by atoms with van der Waals surface area (Å²) in [5, 5.41) is 4.02. The molecule has 0 bridgehead atoms. The number of hydrogen-bond donors (Lipinski definition) is 1.